The third-order valence-electron chi connectivity index (χ3n) is 5.94. The first-order valence-corrected chi connectivity index (χ1v) is 10.5. The summed E-state index contributed by atoms with van der Waals surface area (Å²) in [5, 5.41) is 13.2. The number of nitro groups is 1. The highest BCUT2D eigenvalue weighted by molar-refractivity contribution is 6.39. The van der Waals surface area contributed by atoms with Crippen molar-refractivity contribution in [3.63, 3.8) is 0 Å². The Labute approximate surface area is 195 Å². The first kappa shape index (κ1) is 22.7. The van der Waals surface area contributed by atoms with Crippen molar-refractivity contribution >= 4 is 35.3 Å². The SMILES string of the molecule is Cc1ccc(N2C(=O)NC(=O)/C(=C/c3cc(C)n(-c4ccc([N+](=O)[O-])cc4)c3C)C2=O)cc1C. The van der Waals surface area contributed by atoms with Gasteiger partial charge in [-0.05, 0) is 80.8 Å². The highest BCUT2D eigenvalue weighted by Gasteiger charge is 2.37. The van der Waals surface area contributed by atoms with Crippen LogP contribution in [0, 0.1) is 37.8 Å². The number of urea groups is 1. The van der Waals surface area contributed by atoms with Gasteiger partial charge in [-0.15, -0.1) is 0 Å². The normalized spacial score (nSPS) is 15.1. The van der Waals surface area contributed by atoms with E-state index in [0.29, 0.717) is 16.9 Å². The molecule has 1 fully saturated rings. The number of imide groups is 2. The van der Waals surface area contributed by atoms with Gasteiger partial charge in [-0.2, -0.15) is 0 Å². The molecular weight excluding hydrogens is 436 g/mol. The minimum Gasteiger partial charge on any atom is -0.318 e. The highest BCUT2D eigenvalue weighted by atomic mass is 16.6. The molecule has 172 valence electrons. The van der Waals surface area contributed by atoms with Gasteiger partial charge in [0.25, 0.3) is 17.5 Å². The highest BCUT2D eigenvalue weighted by Crippen LogP contribution is 2.27. The molecule has 9 heteroatoms. The third kappa shape index (κ3) is 3.88. The monoisotopic (exact) mass is 458 g/mol. The van der Waals surface area contributed by atoms with E-state index in [2.05, 4.69) is 5.32 Å². The van der Waals surface area contributed by atoms with E-state index in [0.717, 1.165) is 27.4 Å². The summed E-state index contributed by atoms with van der Waals surface area (Å²) in [6.45, 7) is 7.47. The van der Waals surface area contributed by atoms with Crippen LogP contribution in [-0.2, 0) is 9.59 Å². The number of amides is 4. The third-order valence-corrected chi connectivity index (χ3v) is 5.94. The fourth-order valence-electron chi connectivity index (χ4n) is 3.97. The van der Waals surface area contributed by atoms with E-state index in [4.69, 9.17) is 0 Å². The van der Waals surface area contributed by atoms with E-state index in [1.54, 1.807) is 30.3 Å². The fourth-order valence-corrected chi connectivity index (χ4v) is 3.97. The summed E-state index contributed by atoms with van der Waals surface area (Å²) in [5.41, 5.74) is 4.97. The maximum absolute atomic E-state index is 13.2. The molecule has 4 amide bonds. The average Bonchev–Trinajstić information content (AvgIpc) is 3.06. The molecule has 3 aromatic rings. The molecule has 2 aromatic carbocycles. The Morgan fingerprint density at radius 1 is 0.882 bits per heavy atom. The molecule has 4 rings (SSSR count). The lowest BCUT2D eigenvalue weighted by Gasteiger charge is -2.26. The van der Waals surface area contributed by atoms with E-state index in [-0.39, 0.29) is 11.3 Å². The lowest BCUT2D eigenvalue weighted by atomic mass is 10.1. The summed E-state index contributed by atoms with van der Waals surface area (Å²) in [4.78, 5) is 49.7. The minimum absolute atomic E-state index is 0.0193. The van der Waals surface area contributed by atoms with E-state index >= 15 is 0 Å². The van der Waals surface area contributed by atoms with Crippen molar-refractivity contribution in [1.82, 2.24) is 9.88 Å². The molecule has 0 spiro atoms. The second-order valence-electron chi connectivity index (χ2n) is 8.16. The number of aryl methyl sites for hydroxylation is 3. The molecule has 0 atom stereocenters. The maximum Gasteiger partial charge on any atom is 0.335 e. The zero-order valence-electron chi connectivity index (χ0n) is 19.1. The Balaban J connectivity index is 1.74. The number of hydrogen-bond acceptors (Lipinski definition) is 5. The Kier molecular flexibility index (Phi) is 5.62. The van der Waals surface area contributed by atoms with Gasteiger partial charge in [0.15, 0.2) is 0 Å². The second-order valence-corrected chi connectivity index (χ2v) is 8.16. The number of rotatable bonds is 4. The predicted molar refractivity (Wildman–Crippen MR) is 127 cm³/mol. The summed E-state index contributed by atoms with van der Waals surface area (Å²) in [6, 6.07) is 12.3. The quantitative estimate of drug-likeness (QED) is 0.271. The van der Waals surface area contributed by atoms with E-state index in [9.17, 15) is 24.5 Å². The van der Waals surface area contributed by atoms with Crippen molar-refractivity contribution in [2.75, 3.05) is 4.90 Å². The number of barbiturate groups is 1. The van der Waals surface area contributed by atoms with E-state index in [1.165, 1.54) is 18.2 Å². The van der Waals surface area contributed by atoms with Crippen LogP contribution in [0.5, 0.6) is 0 Å². The van der Waals surface area contributed by atoms with Crippen LogP contribution in [0.1, 0.15) is 28.1 Å². The van der Waals surface area contributed by atoms with E-state index < -0.39 is 22.8 Å². The van der Waals surface area contributed by atoms with Gasteiger partial charge in [-0.1, -0.05) is 6.07 Å². The molecule has 0 aliphatic carbocycles. The molecule has 0 radical (unpaired) electrons. The number of aromatic nitrogens is 1. The smallest absolute Gasteiger partial charge is 0.318 e. The van der Waals surface area contributed by atoms with Crippen LogP contribution in [0.2, 0.25) is 0 Å². The summed E-state index contributed by atoms with van der Waals surface area (Å²) in [5.74, 6) is -1.48. The zero-order chi connectivity index (χ0) is 24.7. The number of benzene rings is 2. The molecule has 1 aliphatic rings. The number of hydrogen-bond donors (Lipinski definition) is 1. The minimum atomic E-state index is -0.799. The van der Waals surface area contributed by atoms with Crippen LogP contribution < -0.4 is 10.2 Å². The molecule has 0 saturated carbocycles. The molecule has 1 N–H and O–H groups in total. The van der Waals surface area contributed by atoms with Crippen molar-refractivity contribution in [2.45, 2.75) is 27.7 Å². The first-order chi connectivity index (χ1) is 16.1. The Bertz CT molecular complexity index is 1400. The molecule has 1 saturated heterocycles. The zero-order valence-corrected chi connectivity index (χ0v) is 19.1. The lowest BCUT2D eigenvalue weighted by molar-refractivity contribution is -0.384. The van der Waals surface area contributed by atoms with Crippen molar-refractivity contribution in [3.05, 3.63) is 92.3 Å². The molecular formula is C25H22N4O5. The van der Waals surface area contributed by atoms with Gasteiger partial charge in [0.1, 0.15) is 5.57 Å². The van der Waals surface area contributed by atoms with Gasteiger partial charge >= 0.3 is 6.03 Å². The van der Waals surface area contributed by atoms with Crippen molar-refractivity contribution in [1.29, 1.82) is 0 Å². The van der Waals surface area contributed by atoms with Gasteiger partial charge < -0.3 is 4.57 Å². The molecule has 1 aromatic heterocycles. The second kappa shape index (κ2) is 8.43. The first-order valence-electron chi connectivity index (χ1n) is 10.5. The van der Waals surface area contributed by atoms with Crippen molar-refractivity contribution < 1.29 is 19.3 Å². The van der Waals surface area contributed by atoms with Gasteiger partial charge in [0.05, 0.1) is 10.6 Å². The van der Waals surface area contributed by atoms with Crippen LogP contribution in [-0.4, -0.2) is 27.3 Å². The summed E-state index contributed by atoms with van der Waals surface area (Å²) < 4.78 is 1.87. The lowest BCUT2D eigenvalue weighted by Crippen LogP contribution is -2.54. The average molecular weight is 458 g/mol. The van der Waals surface area contributed by atoms with Crippen LogP contribution >= 0.6 is 0 Å². The molecule has 0 bridgehead atoms. The molecule has 34 heavy (non-hydrogen) atoms. The number of non-ortho nitro benzene ring substituents is 1. The molecule has 1 aliphatic heterocycles. The Morgan fingerprint density at radius 3 is 2.15 bits per heavy atom. The van der Waals surface area contributed by atoms with Crippen LogP contribution in [0.15, 0.2) is 54.1 Å². The maximum atomic E-state index is 13.2. The van der Waals surface area contributed by atoms with Crippen molar-refractivity contribution in [2.24, 2.45) is 0 Å². The fraction of sp³-hybridized carbons (Fsp3) is 0.160. The number of nitrogens with one attached hydrogen (secondary N) is 1. The van der Waals surface area contributed by atoms with Crippen LogP contribution in [0.4, 0.5) is 16.2 Å². The van der Waals surface area contributed by atoms with E-state index in [1.807, 2.05) is 38.3 Å². The summed E-state index contributed by atoms with van der Waals surface area (Å²) in [6.07, 6.45) is 1.46. The van der Waals surface area contributed by atoms with Crippen LogP contribution in [0.3, 0.4) is 0 Å². The number of nitro benzene ring substituents is 1. The van der Waals surface area contributed by atoms with Crippen LogP contribution in [0.25, 0.3) is 11.8 Å². The Hall–Kier alpha value is -4.53. The molecule has 9 nitrogen and oxygen atoms in total. The standard InChI is InChI=1S/C25H22N4O5/c1-14-5-6-21(11-15(14)2)28-24(31)22(23(30)26-25(28)32)13-18-12-16(3)27(17(18)4)19-7-9-20(10-8-19)29(33)34/h5-13H,1-4H3,(H,26,30,32)/b22-13-. The largest absolute Gasteiger partial charge is 0.335 e. The summed E-state index contributed by atoms with van der Waals surface area (Å²) in [7, 11) is 0. The molecule has 2 heterocycles. The summed E-state index contributed by atoms with van der Waals surface area (Å²) >= 11 is 0. The van der Waals surface area contributed by atoms with Gasteiger partial charge in [0.2, 0.25) is 0 Å². The number of nitrogens with zero attached hydrogens (tertiary/aromatic N) is 3. The predicted octanol–water partition coefficient (Wildman–Crippen LogP) is 4.29. The van der Waals surface area contributed by atoms with Gasteiger partial charge in [0, 0.05) is 29.2 Å². The number of anilines is 1. The van der Waals surface area contributed by atoms with Gasteiger partial charge in [-0.25, -0.2) is 9.69 Å². The number of carbonyl (C=O) groups is 3. The molecule has 0 unspecified atom stereocenters. The Morgan fingerprint density at radius 2 is 1.53 bits per heavy atom. The topological polar surface area (TPSA) is 115 Å². The van der Waals surface area contributed by atoms with Gasteiger partial charge in [-0.3, -0.25) is 25.0 Å². The number of carbonyl (C=O) groups excluding carboxylic acids is 3. The van der Waals surface area contributed by atoms with Crippen molar-refractivity contribution in [3.8, 4) is 5.69 Å².